The number of amides is 1. The topological polar surface area (TPSA) is 108 Å². The fraction of sp³-hybridized carbons (Fsp3) is 0.764. The van der Waals surface area contributed by atoms with Gasteiger partial charge in [-0.1, -0.05) is 228 Å². The second-order valence-electron chi connectivity index (χ2n) is 18.9. The van der Waals surface area contributed by atoms with Crippen molar-refractivity contribution in [3.8, 4) is 0 Å². The fourth-order valence-electron chi connectivity index (χ4n) is 7.31. The molecule has 2 N–H and O–H groups in total. The van der Waals surface area contributed by atoms with Crippen LogP contribution in [0.3, 0.4) is 0 Å². The third kappa shape index (κ3) is 47.9. The van der Waals surface area contributed by atoms with Crippen LogP contribution in [0.5, 0.6) is 0 Å². The first-order valence-corrected chi connectivity index (χ1v) is 27.8. The second-order valence-corrected chi connectivity index (χ2v) is 20.3. The highest BCUT2D eigenvalue weighted by molar-refractivity contribution is 7.45. The van der Waals surface area contributed by atoms with Crippen LogP contribution in [0.1, 0.15) is 219 Å². The Labute approximate surface area is 395 Å². The highest BCUT2D eigenvalue weighted by atomic mass is 31.2. The summed E-state index contributed by atoms with van der Waals surface area (Å²) in [4.78, 5) is 25.4. The van der Waals surface area contributed by atoms with Crippen molar-refractivity contribution in [1.29, 1.82) is 0 Å². The van der Waals surface area contributed by atoms with Crippen molar-refractivity contribution >= 4 is 13.7 Å². The van der Waals surface area contributed by atoms with E-state index in [2.05, 4.69) is 79.9 Å². The first-order valence-electron chi connectivity index (χ1n) is 26.3. The minimum Gasteiger partial charge on any atom is -0.756 e. The SMILES string of the molecule is CC/C=C\C/C=C\C/C=C\C/C=C\C/C=C\CCCC(=O)NC(COP(=O)([O-])OCC[N+](C)(C)C)C(O)/C=C/CCCCCCCCCCCCCCCCCCCCCCCCC. The summed E-state index contributed by atoms with van der Waals surface area (Å²) in [6.45, 7) is 4.49. The molecule has 0 spiro atoms. The minimum atomic E-state index is -4.61. The maximum atomic E-state index is 12.9. The van der Waals surface area contributed by atoms with Crippen LogP contribution >= 0.6 is 7.82 Å². The average Bonchev–Trinajstić information content (AvgIpc) is 3.25. The van der Waals surface area contributed by atoms with Crippen LogP contribution in [0.4, 0.5) is 0 Å². The molecular weight excluding hydrogens is 816 g/mol. The number of likely N-dealkylation sites (N-methyl/N-ethyl adjacent to an activating group) is 1. The maximum Gasteiger partial charge on any atom is 0.268 e. The summed E-state index contributed by atoms with van der Waals surface area (Å²) in [6.07, 6.45) is 62.7. The highest BCUT2D eigenvalue weighted by Gasteiger charge is 2.23. The van der Waals surface area contributed by atoms with Crippen molar-refractivity contribution in [1.82, 2.24) is 5.32 Å². The number of aliphatic hydroxyl groups excluding tert-OH is 1. The van der Waals surface area contributed by atoms with Crippen molar-refractivity contribution < 1.29 is 32.9 Å². The lowest BCUT2D eigenvalue weighted by Crippen LogP contribution is -2.45. The molecule has 0 radical (unpaired) electrons. The smallest absolute Gasteiger partial charge is 0.268 e. The molecule has 0 aliphatic heterocycles. The molecule has 1 amide bonds. The van der Waals surface area contributed by atoms with Gasteiger partial charge in [0.05, 0.1) is 39.9 Å². The van der Waals surface area contributed by atoms with E-state index in [1.54, 1.807) is 6.08 Å². The lowest BCUT2D eigenvalue weighted by molar-refractivity contribution is -0.870. The molecule has 3 unspecified atom stereocenters. The molecule has 0 aliphatic carbocycles. The van der Waals surface area contributed by atoms with Crippen molar-refractivity contribution in [3.05, 3.63) is 72.9 Å². The maximum absolute atomic E-state index is 12.9. The number of quaternary nitrogens is 1. The molecule has 0 heterocycles. The number of hydrogen-bond acceptors (Lipinski definition) is 6. The number of nitrogens with zero attached hydrogens (tertiary/aromatic N) is 1. The van der Waals surface area contributed by atoms with Crippen LogP contribution < -0.4 is 10.2 Å². The van der Waals surface area contributed by atoms with Crippen molar-refractivity contribution in [2.75, 3.05) is 40.9 Å². The fourth-order valence-corrected chi connectivity index (χ4v) is 8.03. The first-order chi connectivity index (χ1) is 31.0. The van der Waals surface area contributed by atoms with E-state index in [9.17, 15) is 19.4 Å². The summed E-state index contributed by atoms with van der Waals surface area (Å²) in [5.74, 6) is -0.255. The van der Waals surface area contributed by atoms with E-state index in [0.29, 0.717) is 17.4 Å². The first kappa shape index (κ1) is 61.9. The van der Waals surface area contributed by atoms with Crippen LogP contribution in [0, 0.1) is 0 Å². The Kier molecular flexibility index (Phi) is 44.6. The van der Waals surface area contributed by atoms with Gasteiger partial charge in [-0.05, 0) is 57.8 Å². The van der Waals surface area contributed by atoms with Crippen molar-refractivity contribution in [2.45, 2.75) is 231 Å². The normalized spacial score (nSPS) is 14.7. The number of nitrogens with one attached hydrogen (secondary N) is 1. The van der Waals surface area contributed by atoms with Crippen LogP contribution in [0.25, 0.3) is 0 Å². The number of rotatable bonds is 47. The van der Waals surface area contributed by atoms with Gasteiger partial charge < -0.3 is 28.8 Å². The Hall–Kier alpha value is -2.06. The molecule has 0 aromatic carbocycles. The molecule has 3 atom stereocenters. The quantitative estimate of drug-likeness (QED) is 0.0272. The van der Waals surface area contributed by atoms with Gasteiger partial charge in [-0.15, -0.1) is 0 Å². The van der Waals surface area contributed by atoms with Crippen molar-refractivity contribution in [2.24, 2.45) is 0 Å². The largest absolute Gasteiger partial charge is 0.756 e. The third-order valence-corrected chi connectivity index (χ3v) is 12.4. The number of carbonyl (C=O) groups excluding carboxylic acids is 1. The molecule has 64 heavy (non-hydrogen) atoms. The summed E-state index contributed by atoms with van der Waals surface area (Å²) < 4.78 is 23.3. The molecule has 9 heteroatoms. The molecule has 0 fully saturated rings. The van der Waals surface area contributed by atoms with E-state index in [0.717, 1.165) is 57.8 Å². The van der Waals surface area contributed by atoms with E-state index < -0.39 is 26.6 Å². The average molecular weight is 917 g/mol. The minimum absolute atomic E-state index is 0.0148. The number of carbonyl (C=O) groups is 1. The van der Waals surface area contributed by atoms with Gasteiger partial charge in [0.2, 0.25) is 5.91 Å². The van der Waals surface area contributed by atoms with Gasteiger partial charge in [0.15, 0.2) is 0 Å². The Bertz CT molecular complexity index is 1270. The highest BCUT2D eigenvalue weighted by Crippen LogP contribution is 2.38. The number of hydrogen-bond donors (Lipinski definition) is 2. The zero-order valence-electron chi connectivity index (χ0n) is 42.2. The van der Waals surface area contributed by atoms with Crippen molar-refractivity contribution in [3.63, 3.8) is 0 Å². The zero-order valence-corrected chi connectivity index (χ0v) is 43.1. The summed E-state index contributed by atoms with van der Waals surface area (Å²) in [7, 11) is 1.22. The zero-order chi connectivity index (χ0) is 47.1. The molecule has 372 valence electrons. The Morgan fingerprint density at radius 2 is 0.953 bits per heavy atom. The lowest BCUT2D eigenvalue weighted by atomic mass is 10.0. The van der Waals surface area contributed by atoms with E-state index >= 15 is 0 Å². The monoisotopic (exact) mass is 917 g/mol. The predicted octanol–water partition coefficient (Wildman–Crippen LogP) is 14.9. The Balaban J connectivity index is 4.34. The van der Waals surface area contributed by atoms with Gasteiger partial charge in [-0.25, -0.2) is 0 Å². The standard InChI is InChI=1S/C55H101N2O6P/c1-6-8-10-12-14-16-18-20-22-24-25-26-27-28-29-30-31-33-34-36-38-40-42-44-46-48-54(58)53(52-63-64(60,61)62-51-50-57(3,4)5)56-55(59)49-47-45-43-41-39-37-35-32-23-21-19-17-15-13-11-9-7-2/h9,11,15,17,21,23,35,37,41,43,46,48,53-54,58H,6-8,10,12-14,16,18-20,22,24-34,36,38-40,42,44-45,47,49-52H2,1-5H3,(H-,56,59,60,61)/b11-9-,17-15-,23-21-,37-35-,43-41-,48-46+. The Morgan fingerprint density at radius 1 is 0.562 bits per heavy atom. The van der Waals surface area contributed by atoms with Crippen LogP contribution in [0.15, 0.2) is 72.9 Å². The summed E-state index contributed by atoms with van der Waals surface area (Å²) in [6, 6.07) is -0.920. The van der Waals surface area contributed by atoms with Gasteiger partial charge >= 0.3 is 0 Å². The summed E-state index contributed by atoms with van der Waals surface area (Å²) in [5, 5.41) is 13.8. The molecule has 8 nitrogen and oxygen atoms in total. The molecule has 0 aromatic heterocycles. The molecule has 0 saturated carbocycles. The van der Waals surface area contributed by atoms with Gasteiger partial charge in [0, 0.05) is 6.42 Å². The Morgan fingerprint density at radius 3 is 1.38 bits per heavy atom. The molecule has 0 aliphatic rings. The molecular formula is C55H101N2O6P. The molecule has 0 saturated heterocycles. The van der Waals surface area contributed by atoms with E-state index in [-0.39, 0.29) is 18.9 Å². The lowest BCUT2D eigenvalue weighted by Gasteiger charge is -2.29. The van der Waals surface area contributed by atoms with Gasteiger partial charge in [-0.3, -0.25) is 9.36 Å². The van der Waals surface area contributed by atoms with E-state index in [4.69, 9.17) is 9.05 Å². The van der Waals surface area contributed by atoms with Crippen LogP contribution in [-0.4, -0.2) is 68.5 Å². The number of allylic oxidation sites excluding steroid dienone is 11. The van der Waals surface area contributed by atoms with Crippen LogP contribution in [-0.2, 0) is 18.4 Å². The third-order valence-electron chi connectivity index (χ3n) is 11.4. The number of phosphoric acid groups is 1. The number of unbranched alkanes of at least 4 members (excludes halogenated alkanes) is 24. The summed E-state index contributed by atoms with van der Waals surface area (Å²) >= 11 is 0. The van der Waals surface area contributed by atoms with Gasteiger partial charge in [0.25, 0.3) is 7.82 Å². The second kappa shape index (κ2) is 46.1. The molecule has 0 aromatic rings. The number of phosphoric ester groups is 1. The molecule has 0 bridgehead atoms. The van der Waals surface area contributed by atoms with Gasteiger partial charge in [-0.2, -0.15) is 0 Å². The van der Waals surface area contributed by atoms with E-state index in [1.807, 2.05) is 27.2 Å². The molecule has 0 rings (SSSR count). The van der Waals surface area contributed by atoms with E-state index in [1.165, 1.54) is 135 Å². The predicted molar refractivity (Wildman–Crippen MR) is 274 cm³/mol. The number of aliphatic hydroxyl groups is 1. The summed E-state index contributed by atoms with van der Waals surface area (Å²) in [5.41, 5.74) is 0. The van der Waals surface area contributed by atoms with Gasteiger partial charge in [0.1, 0.15) is 13.2 Å². The van der Waals surface area contributed by atoms with Crippen LogP contribution in [0.2, 0.25) is 0 Å².